The lowest BCUT2D eigenvalue weighted by Crippen LogP contribution is -2.23. The van der Waals surface area contributed by atoms with Crippen molar-refractivity contribution in [3.63, 3.8) is 0 Å². The molecule has 0 radical (unpaired) electrons. The monoisotopic (exact) mass is 358 g/mol. The molecule has 0 aliphatic heterocycles. The van der Waals surface area contributed by atoms with Crippen LogP contribution >= 0.6 is 11.6 Å². The molecule has 0 saturated carbocycles. The van der Waals surface area contributed by atoms with E-state index in [2.05, 4.69) is 17.2 Å². The lowest BCUT2D eigenvalue weighted by atomic mass is 10.1. The highest BCUT2D eigenvalue weighted by atomic mass is 35.5. The molecule has 2 aromatic carbocycles. The van der Waals surface area contributed by atoms with Crippen LogP contribution in [0, 0.1) is 6.92 Å². The van der Waals surface area contributed by atoms with Crippen molar-refractivity contribution >= 4 is 29.1 Å². The van der Waals surface area contributed by atoms with Crippen molar-refractivity contribution in [3.8, 4) is 5.75 Å². The number of carbonyl (C=O) groups is 2. The molecule has 2 aromatic rings. The molecular formula is C19H19ClN2O3. The fourth-order valence-corrected chi connectivity index (χ4v) is 2.32. The second-order valence-corrected chi connectivity index (χ2v) is 5.74. The Balaban J connectivity index is 2.15. The van der Waals surface area contributed by atoms with E-state index in [4.69, 9.17) is 16.3 Å². The Hall–Kier alpha value is -2.79. The van der Waals surface area contributed by atoms with Crippen molar-refractivity contribution in [1.29, 1.82) is 0 Å². The van der Waals surface area contributed by atoms with Crippen LogP contribution in [0.15, 0.2) is 49.1 Å². The first-order valence-electron chi connectivity index (χ1n) is 7.61. The van der Waals surface area contributed by atoms with Gasteiger partial charge in [-0.15, -0.1) is 6.58 Å². The van der Waals surface area contributed by atoms with Crippen molar-refractivity contribution in [1.82, 2.24) is 5.32 Å². The summed E-state index contributed by atoms with van der Waals surface area (Å²) in [5.41, 5.74) is 2.25. The van der Waals surface area contributed by atoms with Crippen molar-refractivity contribution in [2.75, 3.05) is 19.0 Å². The van der Waals surface area contributed by atoms with E-state index in [1.54, 1.807) is 42.5 Å². The summed E-state index contributed by atoms with van der Waals surface area (Å²) in [6.45, 7) is 5.77. The summed E-state index contributed by atoms with van der Waals surface area (Å²) in [7, 11) is 1.51. The maximum Gasteiger partial charge on any atom is 0.255 e. The Labute approximate surface area is 151 Å². The Kier molecular flexibility index (Phi) is 6.19. The summed E-state index contributed by atoms with van der Waals surface area (Å²) in [5, 5.41) is 6.03. The fourth-order valence-electron chi connectivity index (χ4n) is 2.16. The van der Waals surface area contributed by atoms with Gasteiger partial charge in [-0.3, -0.25) is 9.59 Å². The molecular weight excluding hydrogens is 340 g/mol. The van der Waals surface area contributed by atoms with Gasteiger partial charge in [-0.25, -0.2) is 0 Å². The van der Waals surface area contributed by atoms with E-state index in [1.807, 2.05) is 6.92 Å². The highest BCUT2D eigenvalue weighted by Crippen LogP contribution is 2.31. The second-order valence-electron chi connectivity index (χ2n) is 5.33. The molecule has 0 bridgehead atoms. The normalized spacial score (nSPS) is 10.0. The van der Waals surface area contributed by atoms with Crippen LogP contribution in [0.5, 0.6) is 5.75 Å². The second kappa shape index (κ2) is 8.35. The number of rotatable bonds is 6. The van der Waals surface area contributed by atoms with E-state index < -0.39 is 0 Å². The third kappa shape index (κ3) is 4.61. The first-order chi connectivity index (χ1) is 12.0. The van der Waals surface area contributed by atoms with Gasteiger partial charge in [0, 0.05) is 28.8 Å². The van der Waals surface area contributed by atoms with Crippen LogP contribution in [0.2, 0.25) is 5.02 Å². The molecule has 130 valence electrons. The third-order valence-electron chi connectivity index (χ3n) is 3.55. The van der Waals surface area contributed by atoms with Crippen molar-refractivity contribution in [2.24, 2.45) is 0 Å². The van der Waals surface area contributed by atoms with Crippen molar-refractivity contribution in [2.45, 2.75) is 6.92 Å². The molecule has 0 saturated heterocycles. The zero-order chi connectivity index (χ0) is 18.4. The molecule has 6 heteroatoms. The van der Waals surface area contributed by atoms with Gasteiger partial charge < -0.3 is 15.4 Å². The topological polar surface area (TPSA) is 67.4 Å². The molecule has 5 nitrogen and oxygen atoms in total. The predicted octanol–water partition coefficient (Wildman–Crippen LogP) is 3.83. The summed E-state index contributed by atoms with van der Waals surface area (Å²) < 4.78 is 5.25. The minimum atomic E-state index is -0.307. The van der Waals surface area contributed by atoms with Crippen LogP contribution < -0.4 is 15.4 Å². The fraction of sp³-hybridized carbons (Fsp3) is 0.158. The number of nitrogens with one attached hydrogen (secondary N) is 2. The number of hydrogen-bond donors (Lipinski definition) is 2. The van der Waals surface area contributed by atoms with Crippen molar-refractivity contribution in [3.05, 3.63) is 70.8 Å². The van der Waals surface area contributed by atoms with Crippen LogP contribution in [0.25, 0.3) is 0 Å². The van der Waals surface area contributed by atoms with Gasteiger partial charge in [0.05, 0.1) is 12.8 Å². The van der Waals surface area contributed by atoms with Crippen molar-refractivity contribution < 1.29 is 14.3 Å². The molecule has 0 unspecified atom stereocenters. The van der Waals surface area contributed by atoms with Gasteiger partial charge in [0.25, 0.3) is 11.8 Å². The number of halogens is 1. The number of ether oxygens (including phenoxy) is 1. The minimum absolute atomic E-state index is 0.221. The first-order valence-corrected chi connectivity index (χ1v) is 7.98. The number of carbonyl (C=O) groups excluding carboxylic acids is 2. The molecule has 0 fully saturated rings. The number of methoxy groups -OCH3 is 1. The minimum Gasteiger partial charge on any atom is -0.495 e. The summed E-state index contributed by atoms with van der Waals surface area (Å²) in [5.74, 6) is -0.0516. The van der Waals surface area contributed by atoms with E-state index >= 15 is 0 Å². The van der Waals surface area contributed by atoms with Gasteiger partial charge in [0.2, 0.25) is 0 Å². The number of hydrogen-bond acceptors (Lipinski definition) is 3. The molecule has 2 N–H and O–H groups in total. The standard InChI is InChI=1S/C19H19ClN2O3/c1-4-9-21-18(23)13-5-7-14(8-6-13)19(24)22-16-10-12(2)15(20)11-17(16)25-3/h4-8,10-11H,1,9H2,2-3H3,(H,21,23)(H,22,24). The molecule has 2 amide bonds. The average molecular weight is 359 g/mol. The molecule has 0 heterocycles. The van der Waals surface area contributed by atoms with Gasteiger partial charge in [0.1, 0.15) is 5.75 Å². The SMILES string of the molecule is C=CCNC(=O)c1ccc(C(=O)Nc2cc(C)c(Cl)cc2OC)cc1. The summed E-state index contributed by atoms with van der Waals surface area (Å²) >= 11 is 6.06. The van der Waals surface area contributed by atoms with Crippen LogP contribution in [-0.2, 0) is 0 Å². The van der Waals surface area contributed by atoms with E-state index in [9.17, 15) is 9.59 Å². The number of aryl methyl sites for hydroxylation is 1. The summed E-state index contributed by atoms with van der Waals surface area (Å²) in [6, 6.07) is 9.77. The average Bonchev–Trinajstić information content (AvgIpc) is 2.62. The van der Waals surface area contributed by atoms with Gasteiger partial charge in [-0.05, 0) is 42.8 Å². The Bertz CT molecular complexity index is 801. The maximum absolute atomic E-state index is 12.4. The van der Waals surface area contributed by atoms with Gasteiger partial charge in [-0.1, -0.05) is 17.7 Å². The molecule has 0 aromatic heterocycles. The van der Waals surface area contributed by atoms with Crippen LogP contribution in [0.1, 0.15) is 26.3 Å². The maximum atomic E-state index is 12.4. The lowest BCUT2D eigenvalue weighted by molar-refractivity contribution is 0.0956. The van der Waals surface area contributed by atoms with Gasteiger partial charge >= 0.3 is 0 Å². The number of amides is 2. The zero-order valence-corrected chi connectivity index (χ0v) is 14.8. The van der Waals surface area contributed by atoms with E-state index in [1.165, 1.54) is 7.11 Å². The van der Waals surface area contributed by atoms with E-state index in [0.717, 1.165) is 5.56 Å². The van der Waals surface area contributed by atoms with E-state index in [0.29, 0.717) is 34.1 Å². The quantitative estimate of drug-likeness (QED) is 0.771. The van der Waals surface area contributed by atoms with Crippen LogP contribution in [0.4, 0.5) is 5.69 Å². The summed E-state index contributed by atoms with van der Waals surface area (Å²) in [6.07, 6.45) is 1.60. The van der Waals surface area contributed by atoms with Gasteiger partial charge in [-0.2, -0.15) is 0 Å². The highest BCUT2D eigenvalue weighted by molar-refractivity contribution is 6.31. The highest BCUT2D eigenvalue weighted by Gasteiger charge is 2.13. The smallest absolute Gasteiger partial charge is 0.255 e. The zero-order valence-electron chi connectivity index (χ0n) is 14.1. The third-order valence-corrected chi connectivity index (χ3v) is 3.95. The Morgan fingerprint density at radius 3 is 2.32 bits per heavy atom. The molecule has 0 aliphatic rings. The molecule has 0 aliphatic carbocycles. The Morgan fingerprint density at radius 1 is 1.16 bits per heavy atom. The van der Waals surface area contributed by atoms with Crippen LogP contribution in [0.3, 0.4) is 0 Å². The largest absolute Gasteiger partial charge is 0.495 e. The lowest BCUT2D eigenvalue weighted by Gasteiger charge is -2.12. The van der Waals surface area contributed by atoms with Crippen LogP contribution in [-0.4, -0.2) is 25.5 Å². The summed E-state index contributed by atoms with van der Waals surface area (Å²) in [4.78, 5) is 24.3. The molecule has 25 heavy (non-hydrogen) atoms. The van der Waals surface area contributed by atoms with E-state index in [-0.39, 0.29) is 11.8 Å². The molecule has 0 atom stereocenters. The Morgan fingerprint density at radius 2 is 1.76 bits per heavy atom. The molecule has 0 spiro atoms. The van der Waals surface area contributed by atoms with Gasteiger partial charge in [0.15, 0.2) is 0 Å². The molecule has 2 rings (SSSR count). The first kappa shape index (κ1) is 18.5. The predicted molar refractivity (Wildman–Crippen MR) is 99.7 cm³/mol. The number of anilines is 1. The number of benzene rings is 2.